The standard InChI is InChI=1S/C15H18N4O2/c1-8-7-11(10(3)21-8)9(2)19-14-12(17-15(19)16)5-6-13(18-14)20-4/h5-7,9H,1-4H3,(H2,16,17). The smallest absolute Gasteiger partial charge is 0.215 e. The lowest BCUT2D eigenvalue weighted by Gasteiger charge is -2.15. The van der Waals surface area contributed by atoms with E-state index in [1.165, 1.54) is 0 Å². The van der Waals surface area contributed by atoms with E-state index in [0.717, 1.165) is 22.6 Å². The van der Waals surface area contributed by atoms with Crippen LogP contribution in [0.4, 0.5) is 5.95 Å². The van der Waals surface area contributed by atoms with Crippen molar-refractivity contribution in [3.05, 3.63) is 35.3 Å². The second-order valence-electron chi connectivity index (χ2n) is 5.08. The average molecular weight is 286 g/mol. The van der Waals surface area contributed by atoms with Gasteiger partial charge in [-0.25, -0.2) is 4.98 Å². The lowest BCUT2D eigenvalue weighted by Crippen LogP contribution is -2.11. The van der Waals surface area contributed by atoms with Crippen molar-refractivity contribution in [3.8, 4) is 5.88 Å². The normalized spacial score (nSPS) is 12.8. The highest BCUT2D eigenvalue weighted by Crippen LogP contribution is 2.30. The second-order valence-corrected chi connectivity index (χ2v) is 5.08. The highest BCUT2D eigenvalue weighted by atomic mass is 16.5. The molecular weight excluding hydrogens is 268 g/mol. The molecular formula is C15H18N4O2. The first-order chi connectivity index (χ1) is 10.0. The van der Waals surface area contributed by atoms with E-state index in [1.54, 1.807) is 13.2 Å². The largest absolute Gasteiger partial charge is 0.481 e. The number of methoxy groups -OCH3 is 1. The van der Waals surface area contributed by atoms with E-state index in [1.807, 2.05) is 30.5 Å². The molecule has 0 aliphatic carbocycles. The Morgan fingerprint density at radius 1 is 1.29 bits per heavy atom. The summed E-state index contributed by atoms with van der Waals surface area (Å²) >= 11 is 0. The van der Waals surface area contributed by atoms with Gasteiger partial charge in [0, 0.05) is 11.6 Å². The predicted octanol–water partition coefficient (Wildman–Crippen LogP) is 2.84. The fourth-order valence-corrected chi connectivity index (χ4v) is 2.67. The fraction of sp³-hybridized carbons (Fsp3) is 0.333. The van der Waals surface area contributed by atoms with Gasteiger partial charge < -0.3 is 14.9 Å². The summed E-state index contributed by atoms with van der Waals surface area (Å²) in [6.07, 6.45) is 0. The third kappa shape index (κ3) is 2.12. The molecule has 0 saturated carbocycles. The van der Waals surface area contributed by atoms with Gasteiger partial charge in [0.05, 0.1) is 13.2 Å². The maximum absolute atomic E-state index is 6.08. The molecule has 6 nitrogen and oxygen atoms in total. The highest BCUT2D eigenvalue weighted by Gasteiger charge is 2.20. The number of hydrogen-bond donors (Lipinski definition) is 1. The molecule has 6 heteroatoms. The third-order valence-electron chi connectivity index (χ3n) is 3.66. The van der Waals surface area contributed by atoms with E-state index in [9.17, 15) is 0 Å². The number of nitrogen functional groups attached to an aromatic ring is 1. The van der Waals surface area contributed by atoms with Crippen LogP contribution >= 0.6 is 0 Å². The summed E-state index contributed by atoms with van der Waals surface area (Å²) in [5.41, 5.74) is 8.61. The van der Waals surface area contributed by atoms with Crippen molar-refractivity contribution in [2.24, 2.45) is 0 Å². The summed E-state index contributed by atoms with van der Waals surface area (Å²) in [7, 11) is 1.59. The van der Waals surface area contributed by atoms with Crippen molar-refractivity contribution in [1.29, 1.82) is 0 Å². The topological polar surface area (TPSA) is 79.1 Å². The van der Waals surface area contributed by atoms with E-state index in [0.29, 0.717) is 17.5 Å². The summed E-state index contributed by atoms with van der Waals surface area (Å²) in [5, 5.41) is 0. The van der Waals surface area contributed by atoms with Crippen molar-refractivity contribution in [2.45, 2.75) is 26.8 Å². The molecule has 1 unspecified atom stereocenters. The van der Waals surface area contributed by atoms with Gasteiger partial charge >= 0.3 is 0 Å². The minimum absolute atomic E-state index is 0.0212. The highest BCUT2D eigenvalue weighted by molar-refractivity contribution is 5.75. The quantitative estimate of drug-likeness (QED) is 0.801. The molecule has 0 amide bonds. The molecule has 1 atom stereocenters. The zero-order chi connectivity index (χ0) is 15.1. The molecule has 0 spiro atoms. The summed E-state index contributed by atoms with van der Waals surface area (Å²) in [6.45, 7) is 5.93. The van der Waals surface area contributed by atoms with Crippen LogP contribution in [0.15, 0.2) is 22.6 Å². The first kappa shape index (κ1) is 13.5. The molecule has 0 aromatic carbocycles. The number of imidazole rings is 1. The molecule has 3 rings (SSSR count). The predicted molar refractivity (Wildman–Crippen MR) is 80.5 cm³/mol. The molecule has 0 aliphatic heterocycles. The zero-order valence-electron chi connectivity index (χ0n) is 12.5. The molecule has 0 aliphatic rings. The number of aryl methyl sites for hydroxylation is 2. The van der Waals surface area contributed by atoms with Gasteiger partial charge in [-0.15, -0.1) is 0 Å². The molecule has 21 heavy (non-hydrogen) atoms. The Kier molecular flexibility index (Phi) is 3.08. The Labute approximate surface area is 122 Å². The number of nitrogens with two attached hydrogens (primary N) is 1. The summed E-state index contributed by atoms with van der Waals surface area (Å²) in [5.74, 6) is 2.72. The lowest BCUT2D eigenvalue weighted by molar-refractivity contribution is 0.398. The van der Waals surface area contributed by atoms with Gasteiger partial charge in [0.25, 0.3) is 0 Å². The average Bonchev–Trinajstić information content (AvgIpc) is 2.95. The van der Waals surface area contributed by atoms with Crippen molar-refractivity contribution >= 4 is 17.1 Å². The number of furan rings is 1. The van der Waals surface area contributed by atoms with Crippen LogP contribution in [0.25, 0.3) is 11.2 Å². The number of hydrogen-bond acceptors (Lipinski definition) is 5. The minimum Gasteiger partial charge on any atom is -0.481 e. The minimum atomic E-state index is -0.0212. The zero-order valence-corrected chi connectivity index (χ0v) is 12.5. The molecule has 3 aromatic heterocycles. The van der Waals surface area contributed by atoms with Gasteiger partial charge in [0.1, 0.15) is 17.0 Å². The SMILES string of the molecule is COc1ccc2nc(N)n(C(C)c3cc(C)oc3C)c2n1. The van der Waals surface area contributed by atoms with E-state index in [2.05, 4.69) is 16.9 Å². The molecule has 0 radical (unpaired) electrons. The number of rotatable bonds is 3. The molecule has 0 bridgehead atoms. The summed E-state index contributed by atoms with van der Waals surface area (Å²) in [4.78, 5) is 8.83. The van der Waals surface area contributed by atoms with Gasteiger partial charge in [-0.2, -0.15) is 4.98 Å². The Morgan fingerprint density at radius 2 is 2.05 bits per heavy atom. The van der Waals surface area contributed by atoms with E-state index < -0.39 is 0 Å². The summed E-state index contributed by atoms with van der Waals surface area (Å²) in [6, 6.07) is 5.63. The molecule has 3 aromatic rings. The fourth-order valence-electron chi connectivity index (χ4n) is 2.67. The van der Waals surface area contributed by atoms with Crippen LogP contribution in [0, 0.1) is 13.8 Å². The van der Waals surface area contributed by atoms with Crippen molar-refractivity contribution in [2.75, 3.05) is 12.8 Å². The number of fused-ring (bicyclic) bond motifs is 1. The third-order valence-corrected chi connectivity index (χ3v) is 3.66. The van der Waals surface area contributed by atoms with E-state index in [-0.39, 0.29) is 6.04 Å². The first-order valence-corrected chi connectivity index (χ1v) is 6.76. The van der Waals surface area contributed by atoms with Gasteiger partial charge in [-0.3, -0.25) is 4.57 Å². The number of anilines is 1. The number of ether oxygens (including phenoxy) is 1. The van der Waals surface area contributed by atoms with E-state index >= 15 is 0 Å². The van der Waals surface area contributed by atoms with Crippen LogP contribution in [-0.4, -0.2) is 21.6 Å². The number of nitrogens with zero attached hydrogens (tertiary/aromatic N) is 3. The van der Waals surface area contributed by atoms with Gasteiger partial charge in [-0.1, -0.05) is 0 Å². The molecule has 2 N–H and O–H groups in total. The first-order valence-electron chi connectivity index (χ1n) is 6.76. The van der Waals surface area contributed by atoms with Crippen LogP contribution in [0.1, 0.15) is 30.0 Å². The summed E-state index contributed by atoms with van der Waals surface area (Å²) < 4.78 is 12.7. The van der Waals surface area contributed by atoms with Gasteiger partial charge in [0.2, 0.25) is 11.8 Å². The number of aromatic nitrogens is 3. The van der Waals surface area contributed by atoms with E-state index in [4.69, 9.17) is 14.9 Å². The van der Waals surface area contributed by atoms with Crippen LogP contribution in [0.2, 0.25) is 0 Å². The molecule has 0 saturated heterocycles. The Bertz CT molecular complexity index is 803. The monoisotopic (exact) mass is 286 g/mol. The van der Waals surface area contributed by atoms with Crippen molar-refractivity contribution in [1.82, 2.24) is 14.5 Å². The molecule has 0 fully saturated rings. The lowest BCUT2D eigenvalue weighted by atomic mass is 10.1. The van der Waals surface area contributed by atoms with Gasteiger partial charge in [-0.05, 0) is 32.9 Å². The van der Waals surface area contributed by atoms with Crippen LogP contribution in [0.3, 0.4) is 0 Å². The Morgan fingerprint density at radius 3 is 2.67 bits per heavy atom. The maximum Gasteiger partial charge on any atom is 0.215 e. The van der Waals surface area contributed by atoms with Crippen LogP contribution in [0.5, 0.6) is 5.88 Å². The maximum atomic E-state index is 6.08. The van der Waals surface area contributed by atoms with Crippen LogP contribution in [-0.2, 0) is 0 Å². The van der Waals surface area contributed by atoms with Crippen LogP contribution < -0.4 is 10.5 Å². The van der Waals surface area contributed by atoms with Crippen molar-refractivity contribution in [3.63, 3.8) is 0 Å². The molecule has 110 valence electrons. The molecule has 3 heterocycles. The second kappa shape index (κ2) is 4.80. The Hall–Kier alpha value is -2.50. The van der Waals surface area contributed by atoms with Crippen molar-refractivity contribution < 1.29 is 9.15 Å². The Balaban J connectivity index is 2.18. The number of pyridine rings is 1. The van der Waals surface area contributed by atoms with Gasteiger partial charge in [0.15, 0.2) is 5.65 Å².